The lowest BCUT2D eigenvalue weighted by Gasteiger charge is -2.06. The summed E-state index contributed by atoms with van der Waals surface area (Å²) in [6.07, 6.45) is 2.63. The second-order valence-electron chi connectivity index (χ2n) is 5.07. The Labute approximate surface area is 137 Å². The fraction of sp³-hybridized carbons (Fsp3) is 0.375. The van der Waals surface area contributed by atoms with Crippen molar-refractivity contribution in [3.63, 3.8) is 0 Å². The molecule has 120 valence electrons. The zero-order valence-corrected chi connectivity index (χ0v) is 13.8. The molecule has 0 unspecified atom stereocenters. The number of nitrogens with two attached hydrogens (primary N) is 1. The number of amides is 1. The summed E-state index contributed by atoms with van der Waals surface area (Å²) in [6, 6.07) is 7.92. The molecule has 0 atom stereocenters. The van der Waals surface area contributed by atoms with E-state index in [1.807, 2.05) is 35.9 Å². The molecule has 0 saturated carbocycles. The number of hydrogen-bond acceptors (Lipinski definition) is 3. The lowest BCUT2D eigenvalue weighted by molar-refractivity contribution is 0.0950. The Bertz CT molecular complexity index is 607. The van der Waals surface area contributed by atoms with Gasteiger partial charge in [-0.1, -0.05) is 31.2 Å². The highest BCUT2D eigenvalue weighted by Crippen LogP contribution is 2.09. The molecule has 22 heavy (non-hydrogen) atoms. The largest absolute Gasteiger partial charge is 0.348 e. The number of aryl methyl sites for hydroxylation is 1. The molecule has 0 radical (unpaired) electrons. The minimum atomic E-state index is -0.0854. The van der Waals surface area contributed by atoms with Crippen LogP contribution in [0.2, 0.25) is 0 Å². The van der Waals surface area contributed by atoms with Crippen molar-refractivity contribution >= 4 is 18.3 Å². The van der Waals surface area contributed by atoms with Crippen molar-refractivity contribution in [3.05, 3.63) is 52.8 Å². The van der Waals surface area contributed by atoms with Gasteiger partial charge in [-0.05, 0) is 24.5 Å². The average Bonchev–Trinajstić information content (AvgIpc) is 2.87. The molecule has 0 aliphatic carbocycles. The number of carbonyl (C=O) groups is 1. The van der Waals surface area contributed by atoms with Gasteiger partial charge in [0.05, 0.1) is 11.8 Å². The van der Waals surface area contributed by atoms with E-state index in [1.165, 1.54) is 0 Å². The van der Waals surface area contributed by atoms with E-state index in [2.05, 4.69) is 17.3 Å². The maximum Gasteiger partial charge on any atom is 0.255 e. The average molecular weight is 323 g/mol. The Morgan fingerprint density at radius 2 is 1.91 bits per heavy atom. The van der Waals surface area contributed by atoms with Crippen LogP contribution in [0.4, 0.5) is 0 Å². The number of rotatable bonds is 6. The van der Waals surface area contributed by atoms with E-state index in [1.54, 1.807) is 6.20 Å². The Balaban J connectivity index is 0.00000242. The molecule has 0 spiro atoms. The summed E-state index contributed by atoms with van der Waals surface area (Å²) in [4.78, 5) is 12.2. The number of benzene rings is 1. The summed E-state index contributed by atoms with van der Waals surface area (Å²) in [7, 11) is 0. The number of halogens is 1. The first kappa shape index (κ1) is 18.2. The quantitative estimate of drug-likeness (QED) is 0.857. The van der Waals surface area contributed by atoms with Crippen molar-refractivity contribution in [1.29, 1.82) is 0 Å². The van der Waals surface area contributed by atoms with Crippen molar-refractivity contribution in [2.75, 3.05) is 0 Å². The molecule has 1 aromatic heterocycles. The molecule has 5 nitrogen and oxygen atoms in total. The highest BCUT2D eigenvalue weighted by Gasteiger charge is 2.13. The van der Waals surface area contributed by atoms with Crippen molar-refractivity contribution in [1.82, 2.24) is 15.1 Å². The van der Waals surface area contributed by atoms with Gasteiger partial charge in [0, 0.05) is 25.3 Å². The van der Waals surface area contributed by atoms with Crippen LogP contribution >= 0.6 is 12.4 Å². The Morgan fingerprint density at radius 3 is 2.50 bits per heavy atom. The minimum Gasteiger partial charge on any atom is -0.348 e. The van der Waals surface area contributed by atoms with Gasteiger partial charge in [0.1, 0.15) is 0 Å². The molecule has 0 aliphatic rings. The molecule has 3 N–H and O–H groups in total. The fourth-order valence-electron chi connectivity index (χ4n) is 2.18. The van der Waals surface area contributed by atoms with Crippen LogP contribution in [0, 0.1) is 6.92 Å². The summed E-state index contributed by atoms with van der Waals surface area (Å²) in [5.74, 6) is -0.0854. The Morgan fingerprint density at radius 1 is 1.27 bits per heavy atom. The molecule has 0 fully saturated rings. The number of hydrogen-bond donors (Lipinski definition) is 2. The number of nitrogens with one attached hydrogen (secondary N) is 1. The molecule has 0 bridgehead atoms. The van der Waals surface area contributed by atoms with Crippen LogP contribution in [0.15, 0.2) is 30.5 Å². The third kappa shape index (κ3) is 4.32. The van der Waals surface area contributed by atoms with Crippen LogP contribution in [-0.2, 0) is 19.6 Å². The van der Waals surface area contributed by atoms with Crippen molar-refractivity contribution in [2.45, 2.75) is 39.9 Å². The van der Waals surface area contributed by atoms with Gasteiger partial charge in [-0.15, -0.1) is 12.4 Å². The maximum atomic E-state index is 12.2. The van der Waals surface area contributed by atoms with Gasteiger partial charge in [0.15, 0.2) is 0 Å². The first-order chi connectivity index (χ1) is 10.2. The first-order valence-electron chi connectivity index (χ1n) is 7.24. The van der Waals surface area contributed by atoms with Gasteiger partial charge >= 0.3 is 0 Å². The van der Waals surface area contributed by atoms with E-state index in [9.17, 15) is 4.79 Å². The van der Waals surface area contributed by atoms with Crippen molar-refractivity contribution < 1.29 is 4.79 Å². The molecule has 0 aliphatic heterocycles. The molecule has 0 saturated heterocycles. The molecular formula is C16H23ClN4O. The molecule has 2 aromatic rings. The Hall–Kier alpha value is -1.85. The van der Waals surface area contributed by atoms with E-state index in [4.69, 9.17) is 5.73 Å². The topological polar surface area (TPSA) is 72.9 Å². The zero-order chi connectivity index (χ0) is 15.2. The highest BCUT2D eigenvalue weighted by molar-refractivity contribution is 5.94. The van der Waals surface area contributed by atoms with E-state index in [-0.39, 0.29) is 18.3 Å². The predicted molar refractivity (Wildman–Crippen MR) is 90.0 cm³/mol. The van der Waals surface area contributed by atoms with Crippen molar-refractivity contribution in [3.8, 4) is 0 Å². The zero-order valence-electron chi connectivity index (χ0n) is 13.0. The highest BCUT2D eigenvalue weighted by atomic mass is 35.5. The van der Waals surface area contributed by atoms with Crippen LogP contribution in [-0.4, -0.2) is 15.7 Å². The monoisotopic (exact) mass is 322 g/mol. The normalized spacial score (nSPS) is 10.1. The second-order valence-corrected chi connectivity index (χ2v) is 5.07. The second kappa shape index (κ2) is 8.56. The third-order valence-corrected chi connectivity index (χ3v) is 3.49. The molecule has 1 heterocycles. The minimum absolute atomic E-state index is 0. The van der Waals surface area contributed by atoms with E-state index in [0.717, 1.165) is 29.8 Å². The van der Waals surface area contributed by atoms with Gasteiger partial charge in [-0.3, -0.25) is 9.48 Å². The van der Waals surface area contributed by atoms with Crippen LogP contribution in [0.3, 0.4) is 0 Å². The lowest BCUT2D eigenvalue weighted by atomic mass is 10.1. The van der Waals surface area contributed by atoms with Gasteiger partial charge < -0.3 is 11.1 Å². The summed E-state index contributed by atoms with van der Waals surface area (Å²) in [5.41, 5.74) is 9.25. The van der Waals surface area contributed by atoms with Gasteiger partial charge in [0.2, 0.25) is 0 Å². The standard InChI is InChI=1S/C16H22N4O.ClH/c1-3-8-20-12(2)15(11-19-20)16(21)18-10-14-6-4-13(9-17)5-7-14;/h4-7,11H,3,8-10,17H2,1-2H3,(H,18,21);1H. The van der Waals surface area contributed by atoms with Crippen LogP contribution < -0.4 is 11.1 Å². The molecule has 1 aromatic carbocycles. The van der Waals surface area contributed by atoms with Gasteiger partial charge in [-0.2, -0.15) is 5.10 Å². The maximum absolute atomic E-state index is 12.2. The van der Waals surface area contributed by atoms with Gasteiger partial charge in [-0.25, -0.2) is 0 Å². The van der Waals surface area contributed by atoms with Gasteiger partial charge in [0.25, 0.3) is 5.91 Å². The third-order valence-electron chi connectivity index (χ3n) is 3.49. The number of aromatic nitrogens is 2. The summed E-state index contributed by atoms with van der Waals surface area (Å²) >= 11 is 0. The van der Waals surface area contributed by atoms with Crippen LogP contribution in [0.1, 0.15) is 40.5 Å². The molecule has 6 heteroatoms. The summed E-state index contributed by atoms with van der Waals surface area (Å²) in [5, 5.41) is 7.17. The Kier molecular flexibility index (Phi) is 7.08. The summed E-state index contributed by atoms with van der Waals surface area (Å²) < 4.78 is 1.87. The SMILES string of the molecule is CCCn1ncc(C(=O)NCc2ccc(CN)cc2)c1C.Cl. The van der Waals surface area contributed by atoms with E-state index in [0.29, 0.717) is 18.7 Å². The molecule has 2 rings (SSSR count). The molecule has 1 amide bonds. The number of carbonyl (C=O) groups excluding carboxylic acids is 1. The van der Waals surface area contributed by atoms with Crippen molar-refractivity contribution in [2.24, 2.45) is 5.73 Å². The fourth-order valence-corrected chi connectivity index (χ4v) is 2.18. The lowest BCUT2D eigenvalue weighted by Crippen LogP contribution is -2.23. The van der Waals surface area contributed by atoms with E-state index >= 15 is 0 Å². The van der Waals surface area contributed by atoms with Crippen LogP contribution in [0.5, 0.6) is 0 Å². The van der Waals surface area contributed by atoms with E-state index < -0.39 is 0 Å². The van der Waals surface area contributed by atoms with Crippen LogP contribution in [0.25, 0.3) is 0 Å². The summed E-state index contributed by atoms with van der Waals surface area (Å²) in [6.45, 7) is 5.88. The predicted octanol–water partition coefficient (Wildman–Crippen LogP) is 2.41. The number of nitrogens with zero attached hydrogens (tertiary/aromatic N) is 2. The smallest absolute Gasteiger partial charge is 0.255 e. The first-order valence-corrected chi connectivity index (χ1v) is 7.24. The molecular weight excluding hydrogens is 300 g/mol.